The number of aryl methyl sites for hydroxylation is 1. The summed E-state index contributed by atoms with van der Waals surface area (Å²) >= 11 is 0. The van der Waals surface area contributed by atoms with Gasteiger partial charge in [-0.25, -0.2) is 5.01 Å². The van der Waals surface area contributed by atoms with Gasteiger partial charge in [0, 0.05) is 6.54 Å². The van der Waals surface area contributed by atoms with Crippen LogP contribution >= 0.6 is 0 Å². The van der Waals surface area contributed by atoms with E-state index in [2.05, 4.69) is 5.43 Å². The van der Waals surface area contributed by atoms with Crippen LogP contribution in [-0.4, -0.2) is 23.6 Å². The van der Waals surface area contributed by atoms with Crippen molar-refractivity contribution in [2.24, 2.45) is 5.41 Å². The molecule has 2 rings (SSSR count). The fourth-order valence-electron chi connectivity index (χ4n) is 2.82. The number of benzene rings is 1. The molecule has 0 radical (unpaired) electrons. The van der Waals surface area contributed by atoms with Gasteiger partial charge in [-0.2, -0.15) is 13.2 Å². The Morgan fingerprint density at radius 2 is 2.04 bits per heavy atom. The highest BCUT2D eigenvalue weighted by atomic mass is 19.4. The molecule has 128 valence electrons. The first-order chi connectivity index (χ1) is 10.6. The third-order valence-electron chi connectivity index (χ3n) is 4.13. The smallest absolute Gasteiger partial charge is 0.287 e. The zero-order valence-corrected chi connectivity index (χ0v) is 13.7. The molecule has 0 saturated carbocycles. The number of alkyl halides is 3. The summed E-state index contributed by atoms with van der Waals surface area (Å²) in [5.74, 6) is -0.381. The van der Waals surface area contributed by atoms with Gasteiger partial charge in [0.1, 0.15) is 6.04 Å². The van der Waals surface area contributed by atoms with E-state index in [0.717, 1.165) is 29.8 Å². The van der Waals surface area contributed by atoms with E-state index in [9.17, 15) is 18.0 Å². The number of halogens is 3. The van der Waals surface area contributed by atoms with Gasteiger partial charge in [-0.05, 0) is 37.8 Å². The highest BCUT2D eigenvalue weighted by molar-refractivity contribution is 5.83. The highest BCUT2D eigenvalue weighted by Crippen LogP contribution is 2.40. The van der Waals surface area contributed by atoms with Crippen LogP contribution in [0.2, 0.25) is 0 Å². The lowest BCUT2D eigenvalue weighted by Gasteiger charge is -2.30. The van der Waals surface area contributed by atoms with Crippen LogP contribution in [0.15, 0.2) is 24.3 Å². The fraction of sp³-hybridized carbons (Fsp3) is 0.588. The van der Waals surface area contributed by atoms with Gasteiger partial charge in [-0.1, -0.05) is 37.6 Å². The maximum Gasteiger partial charge on any atom is 0.409 e. The second kappa shape index (κ2) is 6.51. The van der Waals surface area contributed by atoms with Crippen molar-refractivity contribution in [2.75, 3.05) is 6.54 Å². The van der Waals surface area contributed by atoms with Crippen LogP contribution in [0.25, 0.3) is 0 Å². The molecule has 1 atom stereocenters. The monoisotopic (exact) mass is 328 g/mol. The van der Waals surface area contributed by atoms with Crippen molar-refractivity contribution in [2.45, 2.75) is 52.3 Å². The normalized spacial score (nSPS) is 19.7. The molecule has 1 N–H and O–H groups in total. The third kappa shape index (κ3) is 4.05. The fourth-order valence-corrected chi connectivity index (χ4v) is 2.82. The van der Waals surface area contributed by atoms with Gasteiger partial charge in [0.25, 0.3) is 0 Å². The Morgan fingerprint density at radius 1 is 1.35 bits per heavy atom. The first-order valence-electron chi connectivity index (χ1n) is 7.88. The van der Waals surface area contributed by atoms with Gasteiger partial charge in [0.2, 0.25) is 5.91 Å². The van der Waals surface area contributed by atoms with Gasteiger partial charge >= 0.3 is 6.18 Å². The molecule has 1 saturated heterocycles. The largest absolute Gasteiger partial charge is 0.409 e. The van der Waals surface area contributed by atoms with E-state index in [4.69, 9.17) is 0 Å². The summed E-state index contributed by atoms with van der Waals surface area (Å²) in [7, 11) is 0. The van der Waals surface area contributed by atoms with Gasteiger partial charge in [-0.3, -0.25) is 10.2 Å². The second-order valence-corrected chi connectivity index (χ2v) is 6.75. The minimum Gasteiger partial charge on any atom is -0.287 e. The van der Waals surface area contributed by atoms with E-state index >= 15 is 0 Å². The van der Waals surface area contributed by atoms with E-state index in [0.29, 0.717) is 0 Å². The summed E-state index contributed by atoms with van der Waals surface area (Å²) in [6.45, 7) is 5.36. The maximum atomic E-state index is 13.6. The molecule has 0 bridgehead atoms. The summed E-state index contributed by atoms with van der Waals surface area (Å²) in [6.07, 6.45) is -1.78. The summed E-state index contributed by atoms with van der Waals surface area (Å²) in [5, 5.41) is 1.02. The minimum atomic E-state index is -4.46. The molecule has 6 heteroatoms. The summed E-state index contributed by atoms with van der Waals surface area (Å²) < 4.78 is 40.9. The predicted octanol–water partition coefficient (Wildman–Crippen LogP) is 4.01. The summed E-state index contributed by atoms with van der Waals surface area (Å²) in [5.41, 5.74) is 2.62. The minimum absolute atomic E-state index is 0.0230. The molecule has 0 aromatic heterocycles. The van der Waals surface area contributed by atoms with Crippen LogP contribution < -0.4 is 5.43 Å². The molecule has 3 nitrogen and oxygen atoms in total. The Bertz CT molecular complexity index is 569. The van der Waals surface area contributed by atoms with Gasteiger partial charge in [-0.15, -0.1) is 0 Å². The Hall–Kier alpha value is -1.56. The number of hydrogen-bond acceptors (Lipinski definition) is 2. The molecule has 0 spiro atoms. The second-order valence-electron chi connectivity index (χ2n) is 6.75. The van der Waals surface area contributed by atoms with Gasteiger partial charge in [0.15, 0.2) is 0 Å². The lowest BCUT2D eigenvalue weighted by Crippen LogP contribution is -2.43. The van der Waals surface area contributed by atoms with Crippen molar-refractivity contribution in [3.63, 3.8) is 0 Å². The van der Waals surface area contributed by atoms with E-state index < -0.39 is 17.6 Å². The van der Waals surface area contributed by atoms with Gasteiger partial charge < -0.3 is 0 Å². The average Bonchev–Trinajstić information content (AvgIpc) is 2.69. The van der Waals surface area contributed by atoms with Crippen molar-refractivity contribution in [1.82, 2.24) is 10.4 Å². The zero-order valence-electron chi connectivity index (χ0n) is 13.7. The predicted molar refractivity (Wildman–Crippen MR) is 82.5 cm³/mol. The topological polar surface area (TPSA) is 32.3 Å². The van der Waals surface area contributed by atoms with Crippen LogP contribution in [0.4, 0.5) is 13.2 Å². The van der Waals surface area contributed by atoms with E-state index in [1.165, 1.54) is 6.07 Å². The lowest BCUT2D eigenvalue weighted by atomic mass is 9.93. The molecule has 1 aromatic rings. The van der Waals surface area contributed by atoms with Crippen molar-refractivity contribution in [1.29, 1.82) is 0 Å². The zero-order chi connectivity index (χ0) is 17.3. The van der Waals surface area contributed by atoms with Crippen LogP contribution in [0.3, 0.4) is 0 Å². The third-order valence-corrected chi connectivity index (χ3v) is 4.13. The molecular formula is C17H23F3N2O. The van der Waals surface area contributed by atoms with Gasteiger partial charge in [0.05, 0.1) is 5.41 Å². The van der Waals surface area contributed by atoms with E-state index in [1.54, 1.807) is 26.0 Å². The summed E-state index contributed by atoms with van der Waals surface area (Å²) in [4.78, 5) is 11.9. The van der Waals surface area contributed by atoms with Crippen molar-refractivity contribution >= 4 is 5.91 Å². The Kier molecular flexibility index (Phi) is 5.04. The van der Waals surface area contributed by atoms with Crippen molar-refractivity contribution in [3.8, 4) is 0 Å². The molecule has 23 heavy (non-hydrogen) atoms. The molecule has 1 aromatic carbocycles. The molecule has 1 aliphatic heterocycles. The Labute approximate surface area is 134 Å². The number of carbonyl (C=O) groups excluding carboxylic acids is 1. The molecule has 0 aliphatic carbocycles. The summed E-state index contributed by atoms with van der Waals surface area (Å²) in [6, 6.07) is 4.76. The molecule has 1 fully saturated rings. The highest BCUT2D eigenvalue weighted by Gasteiger charge is 2.51. The van der Waals surface area contributed by atoms with Crippen molar-refractivity contribution < 1.29 is 18.0 Å². The number of amides is 1. The lowest BCUT2D eigenvalue weighted by molar-refractivity contribution is -0.191. The number of carbonyl (C=O) groups is 1. The average molecular weight is 328 g/mol. The number of hydrogen-bond donors (Lipinski definition) is 1. The molecular weight excluding hydrogens is 305 g/mol. The van der Waals surface area contributed by atoms with Crippen molar-refractivity contribution in [3.05, 3.63) is 35.4 Å². The number of hydrazine groups is 1. The number of unbranched alkanes of at least 4 members (excludes halogenated alkanes) is 1. The number of nitrogens with zero attached hydrogens (tertiary/aromatic N) is 1. The van der Waals surface area contributed by atoms with E-state index in [-0.39, 0.29) is 18.0 Å². The molecule has 1 heterocycles. The van der Waals surface area contributed by atoms with E-state index in [1.807, 2.05) is 13.0 Å². The molecule has 1 aliphatic rings. The van der Waals surface area contributed by atoms with Crippen LogP contribution in [-0.2, 0) is 11.2 Å². The SMILES string of the molecule is CCCCc1cccc(C(N2CC(C)(C)C(=O)N2)C(F)(F)F)c1. The molecule has 1 amide bonds. The van der Waals surface area contributed by atoms with Crippen LogP contribution in [0, 0.1) is 5.41 Å². The Morgan fingerprint density at radius 3 is 2.57 bits per heavy atom. The molecule has 1 unspecified atom stereocenters. The quantitative estimate of drug-likeness (QED) is 0.886. The standard InChI is InChI=1S/C17H23F3N2O/c1-4-5-7-12-8-6-9-13(10-12)14(17(18,19)20)22-11-16(2,3)15(23)21-22/h6,8-10,14H,4-5,7,11H2,1-3H3,(H,21,23). The number of nitrogens with one attached hydrogen (secondary N) is 1. The first kappa shape index (κ1) is 17.8. The Balaban J connectivity index is 2.32. The van der Waals surface area contributed by atoms with Crippen LogP contribution in [0.1, 0.15) is 50.8 Å². The van der Waals surface area contributed by atoms with Crippen LogP contribution in [0.5, 0.6) is 0 Å². The maximum absolute atomic E-state index is 13.6. The number of rotatable bonds is 5. The first-order valence-corrected chi connectivity index (χ1v) is 7.88.